The van der Waals surface area contributed by atoms with Gasteiger partial charge in [-0.3, -0.25) is 9.59 Å². The van der Waals surface area contributed by atoms with E-state index in [-0.39, 0.29) is 11.5 Å². The maximum atomic E-state index is 13.1. The molecule has 0 atom stereocenters. The molecule has 3 aromatic carbocycles. The molecule has 1 fully saturated rings. The first-order chi connectivity index (χ1) is 16.9. The number of para-hydroxylation sites is 2. The first-order valence-electron chi connectivity index (χ1n) is 10.7. The summed E-state index contributed by atoms with van der Waals surface area (Å²) in [5.74, 6) is 0.813. The minimum Gasteiger partial charge on any atom is -0.495 e. The van der Waals surface area contributed by atoms with Gasteiger partial charge in [0.1, 0.15) is 12.4 Å². The number of carbonyl (C=O) groups excluding carboxylic acids is 2. The highest BCUT2D eigenvalue weighted by Gasteiger charge is 2.37. The van der Waals surface area contributed by atoms with Crippen LogP contribution in [0, 0.1) is 0 Å². The van der Waals surface area contributed by atoms with E-state index in [1.165, 1.54) is 7.11 Å². The van der Waals surface area contributed by atoms with Gasteiger partial charge in [-0.2, -0.15) is 0 Å². The molecular formula is C26H21Cl2NO5S. The molecule has 0 aliphatic carbocycles. The van der Waals surface area contributed by atoms with E-state index in [0.29, 0.717) is 45.2 Å². The second-order valence-electron chi connectivity index (χ2n) is 7.37. The van der Waals surface area contributed by atoms with Gasteiger partial charge in [-0.15, -0.1) is 0 Å². The number of carbonyl (C=O) groups is 2. The van der Waals surface area contributed by atoms with Crippen LogP contribution < -0.4 is 19.1 Å². The summed E-state index contributed by atoms with van der Waals surface area (Å²) in [6.45, 7) is 2.51. The number of anilines is 1. The van der Waals surface area contributed by atoms with E-state index >= 15 is 0 Å². The first-order valence-corrected chi connectivity index (χ1v) is 12.2. The van der Waals surface area contributed by atoms with Crippen molar-refractivity contribution in [2.24, 2.45) is 0 Å². The minimum atomic E-state index is -0.443. The standard InChI is InChI=1S/C26H21Cl2NO5S/c1-3-33-22-13-17(12-19(28)24(22)34-15-16-8-10-18(27)11-9-16)14-23-25(30)29(26(31)35-23)20-6-4-5-7-21(20)32-2/h4-14H,3,15H2,1-2H3/b23-14-. The van der Waals surface area contributed by atoms with Gasteiger partial charge >= 0.3 is 0 Å². The van der Waals surface area contributed by atoms with Gasteiger partial charge < -0.3 is 14.2 Å². The third-order valence-electron chi connectivity index (χ3n) is 5.05. The fourth-order valence-corrected chi connectivity index (χ4v) is 4.69. The Morgan fingerprint density at radius 2 is 1.71 bits per heavy atom. The summed E-state index contributed by atoms with van der Waals surface area (Å²) in [4.78, 5) is 27.1. The zero-order valence-corrected chi connectivity index (χ0v) is 21.2. The SMILES string of the molecule is CCOc1cc(/C=C2\SC(=O)N(c3ccccc3OC)C2=O)cc(Cl)c1OCc1ccc(Cl)cc1. The number of imide groups is 1. The van der Waals surface area contributed by atoms with Crippen LogP contribution in [0.2, 0.25) is 10.0 Å². The topological polar surface area (TPSA) is 65.1 Å². The molecule has 3 aromatic rings. The Balaban J connectivity index is 1.61. The van der Waals surface area contributed by atoms with Crippen molar-refractivity contribution >= 4 is 57.9 Å². The van der Waals surface area contributed by atoms with E-state index in [1.807, 2.05) is 19.1 Å². The Morgan fingerprint density at radius 1 is 0.971 bits per heavy atom. The molecule has 0 saturated carbocycles. The maximum Gasteiger partial charge on any atom is 0.298 e. The van der Waals surface area contributed by atoms with Gasteiger partial charge in [0.25, 0.3) is 11.1 Å². The normalized spacial score (nSPS) is 14.5. The quantitative estimate of drug-likeness (QED) is 0.287. The summed E-state index contributed by atoms with van der Waals surface area (Å²) in [6.07, 6.45) is 1.61. The van der Waals surface area contributed by atoms with Crippen molar-refractivity contribution in [2.75, 3.05) is 18.6 Å². The van der Waals surface area contributed by atoms with Crippen LogP contribution in [0.1, 0.15) is 18.1 Å². The zero-order chi connectivity index (χ0) is 24.9. The van der Waals surface area contributed by atoms with Gasteiger partial charge in [-0.05, 0) is 72.3 Å². The van der Waals surface area contributed by atoms with Crippen molar-refractivity contribution in [3.63, 3.8) is 0 Å². The van der Waals surface area contributed by atoms with Crippen molar-refractivity contribution in [1.82, 2.24) is 0 Å². The molecule has 4 rings (SSSR count). The monoisotopic (exact) mass is 529 g/mol. The maximum absolute atomic E-state index is 13.1. The van der Waals surface area contributed by atoms with Gasteiger partial charge in [0.2, 0.25) is 0 Å². The van der Waals surface area contributed by atoms with Gasteiger partial charge in [0, 0.05) is 5.02 Å². The van der Waals surface area contributed by atoms with Gasteiger partial charge in [-0.25, -0.2) is 4.90 Å². The number of hydrogen-bond donors (Lipinski definition) is 0. The van der Waals surface area contributed by atoms with Crippen LogP contribution in [0.3, 0.4) is 0 Å². The van der Waals surface area contributed by atoms with Crippen molar-refractivity contribution in [3.05, 3.63) is 86.7 Å². The van der Waals surface area contributed by atoms with Crippen LogP contribution in [0.25, 0.3) is 6.08 Å². The summed E-state index contributed by atoms with van der Waals surface area (Å²) >= 11 is 13.3. The molecule has 1 aliphatic heterocycles. The molecular weight excluding hydrogens is 509 g/mol. The second kappa shape index (κ2) is 11.1. The number of thioether (sulfide) groups is 1. The molecule has 0 N–H and O–H groups in total. The number of amides is 2. The lowest BCUT2D eigenvalue weighted by atomic mass is 10.1. The molecule has 9 heteroatoms. The van der Waals surface area contributed by atoms with Crippen LogP contribution in [0.4, 0.5) is 10.5 Å². The lowest BCUT2D eigenvalue weighted by molar-refractivity contribution is -0.113. The number of halogens is 2. The fourth-order valence-electron chi connectivity index (χ4n) is 3.45. The van der Waals surface area contributed by atoms with Crippen molar-refractivity contribution in [1.29, 1.82) is 0 Å². The number of rotatable bonds is 8. The molecule has 180 valence electrons. The number of hydrogen-bond acceptors (Lipinski definition) is 6. The molecule has 0 unspecified atom stereocenters. The summed E-state index contributed by atoms with van der Waals surface area (Å²) in [6, 6.07) is 17.5. The third-order valence-corrected chi connectivity index (χ3v) is 6.45. The van der Waals surface area contributed by atoms with Crippen LogP contribution >= 0.6 is 35.0 Å². The summed E-state index contributed by atoms with van der Waals surface area (Å²) in [5.41, 5.74) is 1.91. The Bertz CT molecular complexity index is 1290. The summed E-state index contributed by atoms with van der Waals surface area (Å²) < 4.78 is 17.0. The van der Waals surface area contributed by atoms with E-state index in [9.17, 15) is 9.59 Å². The molecule has 1 saturated heterocycles. The molecule has 6 nitrogen and oxygen atoms in total. The predicted octanol–water partition coefficient (Wildman–Crippen LogP) is 7.22. The molecule has 0 radical (unpaired) electrons. The lowest BCUT2D eigenvalue weighted by Crippen LogP contribution is -2.28. The summed E-state index contributed by atoms with van der Waals surface area (Å²) in [5, 5.41) is 0.547. The Morgan fingerprint density at radius 3 is 2.43 bits per heavy atom. The highest BCUT2D eigenvalue weighted by molar-refractivity contribution is 8.19. The summed E-state index contributed by atoms with van der Waals surface area (Å²) in [7, 11) is 1.49. The second-order valence-corrected chi connectivity index (χ2v) is 9.20. The van der Waals surface area contributed by atoms with E-state index in [2.05, 4.69) is 0 Å². The third kappa shape index (κ3) is 5.59. The van der Waals surface area contributed by atoms with Gasteiger partial charge in [-0.1, -0.05) is 47.5 Å². The number of ether oxygens (including phenoxy) is 3. The molecule has 1 heterocycles. The average Bonchev–Trinajstić information content (AvgIpc) is 3.12. The van der Waals surface area contributed by atoms with Crippen LogP contribution in [-0.4, -0.2) is 24.9 Å². The molecule has 0 aromatic heterocycles. The fraction of sp³-hybridized carbons (Fsp3) is 0.154. The van der Waals surface area contributed by atoms with Crippen LogP contribution in [0.5, 0.6) is 17.2 Å². The highest BCUT2D eigenvalue weighted by atomic mass is 35.5. The number of methoxy groups -OCH3 is 1. The van der Waals surface area contributed by atoms with Crippen molar-refractivity contribution < 1.29 is 23.8 Å². The molecule has 1 aliphatic rings. The molecule has 2 amide bonds. The molecule has 0 bridgehead atoms. The van der Waals surface area contributed by atoms with Crippen LogP contribution in [0.15, 0.2) is 65.6 Å². The number of nitrogens with zero attached hydrogens (tertiary/aromatic N) is 1. The Kier molecular flexibility index (Phi) is 7.90. The van der Waals surface area contributed by atoms with E-state index in [1.54, 1.807) is 54.6 Å². The largest absolute Gasteiger partial charge is 0.495 e. The van der Waals surface area contributed by atoms with Crippen molar-refractivity contribution in [3.8, 4) is 17.2 Å². The zero-order valence-electron chi connectivity index (χ0n) is 18.9. The van der Waals surface area contributed by atoms with Crippen LogP contribution in [-0.2, 0) is 11.4 Å². The van der Waals surface area contributed by atoms with E-state index < -0.39 is 11.1 Å². The molecule has 35 heavy (non-hydrogen) atoms. The number of benzene rings is 3. The highest BCUT2D eigenvalue weighted by Crippen LogP contribution is 2.42. The van der Waals surface area contributed by atoms with E-state index in [4.69, 9.17) is 37.4 Å². The predicted molar refractivity (Wildman–Crippen MR) is 140 cm³/mol. The lowest BCUT2D eigenvalue weighted by Gasteiger charge is -2.16. The van der Waals surface area contributed by atoms with Gasteiger partial charge in [0.05, 0.1) is 29.3 Å². The van der Waals surface area contributed by atoms with Gasteiger partial charge in [0.15, 0.2) is 11.5 Å². The van der Waals surface area contributed by atoms with Crippen molar-refractivity contribution in [2.45, 2.75) is 13.5 Å². The smallest absolute Gasteiger partial charge is 0.298 e. The molecule has 0 spiro atoms. The Labute approximate surface area is 217 Å². The first kappa shape index (κ1) is 25.0. The minimum absolute atomic E-state index is 0.259. The van der Waals surface area contributed by atoms with E-state index in [0.717, 1.165) is 22.2 Å². The average molecular weight is 530 g/mol. The Hall–Kier alpha value is -3.13.